The first-order valence-electron chi connectivity index (χ1n) is 6.18. The summed E-state index contributed by atoms with van der Waals surface area (Å²) in [5.74, 6) is 0. The summed E-state index contributed by atoms with van der Waals surface area (Å²) >= 11 is -0.699. The molecule has 0 aliphatic carbocycles. The number of hydrogen-bond donors (Lipinski definition) is 0. The van der Waals surface area contributed by atoms with E-state index in [0.717, 1.165) is 0 Å². The first-order valence-corrected chi connectivity index (χ1v) is 9.77. The van der Waals surface area contributed by atoms with Crippen molar-refractivity contribution in [2.45, 2.75) is 49.9 Å². The van der Waals surface area contributed by atoms with E-state index in [9.17, 15) is 0 Å². The molecule has 15 heavy (non-hydrogen) atoms. The van der Waals surface area contributed by atoms with Crippen LogP contribution < -0.4 is 4.35 Å². The molecule has 0 radical (unpaired) electrons. The molecule has 0 fully saturated rings. The molecule has 0 bridgehead atoms. The molecule has 0 saturated carbocycles. The van der Waals surface area contributed by atoms with Gasteiger partial charge in [-0.3, -0.25) is 0 Å². The molecule has 0 aromatic heterocycles. The number of hydrogen-bond acceptors (Lipinski definition) is 0. The maximum absolute atomic E-state index is 2.35. The van der Waals surface area contributed by atoms with E-state index in [0.29, 0.717) is 0 Å². The van der Waals surface area contributed by atoms with Crippen molar-refractivity contribution in [3.05, 3.63) is 30.3 Å². The van der Waals surface area contributed by atoms with Crippen molar-refractivity contribution in [3.8, 4) is 0 Å². The van der Waals surface area contributed by atoms with Crippen LogP contribution in [-0.2, 0) is 0 Å². The van der Waals surface area contributed by atoms with Crippen LogP contribution in [0.5, 0.6) is 0 Å². The molecule has 1 heteroatoms. The summed E-state index contributed by atoms with van der Waals surface area (Å²) in [6.07, 6.45) is 5.56. The van der Waals surface area contributed by atoms with E-state index in [-0.39, 0.29) is 0 Å². The molecule has 0 atom stereocenters. The third kappa shape index (κ3) is 4.89. The monoisotopic (exact) mass is 266 g/mol. The van der Waals surface area contributed by atoms with Crippen LogP contribution in [0, 0.1) is 0 Å². The Morgan fingerprint density at radius 3 is 1.87 bits per heavy atom. The zero-order valence-corrected chi connectivity index (χ0v) is 12.0. The Balaban J connectivity index is 2.55. The molecule has 0 N–H and O–H groups in total. The van der Waals surface area contributed by atoms with Crippen molar-refractivity contribution in [2.24, 2.45) is 0 Å². The van der Waals surface area contributed by atoms with Crippen LogP contribution in [0.1, 0.15) is 39.5 Å². The Labute approximate surface area is 99.4 Å². The summed E-state index contributed by atoms with van der Waals surface area (Å²) in [5, 5.41) is 3.01. The third-order valence-electron chi connectivity index (χ3n) is 2.68. The molecule has 1 aromatic carbocycles. The van der Waals surface area contributed by atoms with Crippen LogP contribution in [0.25, 0.3) is 0 Å². The van der Waals surface area contributed by atoms with E-state index >= 15 is 0 Å². The second kappa shape index (κ2) is 7.99. The molecule has 84 valence electrons. The summed E-state index contributed by atoms with van der Waals surface area (Å²) < 4.78 is 1.69. The topological polar surface area (TPSA) is 0 Å². The van der Waals surface area contributed by atoms with E-state index in [4.69, 9.17) is 0 Å². The fraction of sp³-hybridized carbons (Fsp3) is 0.571. The van der Waals surface area contributed by atoms with Gasteiger partial charge >= 0.3 is 99.3 Å². The molecule has 0 aliphatic rings. The molecule has 0 saturated heterocycles. The minimum atomic E-state index is -0.699. The summed E-state index contributed by atoms with van der Waals surface area (Å²) in [7, 11) is 0. The Bertz CT molecular complexity index is 235. The van der Waals surface area contributed by atoms with Crippen LogP contribution in [0.2, 0.25) is 10.4 Å². The molecule has 1 aromatic rings. The van der Waals surface area contributed by atoms with Gasteiger partial charge in [-0.1, -0.05) is 0 Å². The maximum atomic E-state index is 2.35. The molecule has 0 unspecified atom stereocenters. The standard InChI is InChI=1S/C14H23As/c1-3-5-12-15(13-6-4-2)14-10-8-7-9-11-14/h7-11H,3-6,12-13H2,1-2H3. The summed E-state index contributed by atoms with van der Waals surface area (Å²) in [6, 6.07) is 11.2. The van der Waals surface area contributed by atoms with Gasteiger partial charge in [0.15, 0.2) is 0 Å². The van der Waals surface area contributed by atoms with E-state index in [1.54, 1.807) is 4.35 Å². The van der Waals surface area contributed by atoms with Gasteiger partial charge in [0.05, 0.1) is 0 Å². The van der Waals surface area contributed by atoms with Crippen molar-refractivity contribution in [3.63, 3.8) is 0 Å². The first kappa shape index (κ1) is 12.8. The van der Waals surface area contributed by atoms with Crippen LogP contribution in [-0.4, -0.2) is 14.7 Å². The number of benzene rings is 1. The van der Waals surface area contributed by atoms with Gasteiger partial charge in [0.25, 0.3) is 0 Å². The molecular formula is C14H23As. The van der Waals surface area contributed by atoms with Crippen molar-refractivity contribution >= 4 is 19.0 Å². The third-order valence-corrected chi connectivity index (χ3v) is 8.43. The van der Waals surface area contributed by atoms with E-state index < -0.39 is 14.7 Å². The molecule has 1 rings (SSSR count). The van der Waals surface area contributed by atoms with Gasteiger partial charge in [0, 0.05) is 0 Å². The molecule has 0 amide bonds. The first-order chi connectivity index (χ1) is 7.38. The van der Waals surface area contributed by atoms with Gasteiger partial charge in [0.2, 0.25) is 0 Å². The molecule has 0 heterocycles. The second-order valence-corrected chi connectivity index (χ2v) is 9.25. The van der Waals surface area contributed by atoms with E-state index in [1.807, 2.05) is 0 Å². The predicted octanol–water partition coefficient (Wildman–Crippen LogP) is 3.99. The van der Waals surface area contributed by atoms with E-state index in [1.165, 1.54) is 36.1 Å². The average molecular weight is 266 g/mol. The van der Waals surface area contributed by atoms with Crippen molar-refractivity contribution in [1.82, 2.24) is 0 Å². The molecule has 0 spiro atoms. The van der Waals surface area contributed by atoms with Crippen molar-refractivity contribution < 1.29 is 0 Å². The number of rotatable bonds is 7. The van der Waals surface area contributed by atoms with Gasteiger partial charge in [-0.25, -0.2) is 0 Å². The van der Waals surface area contributed by atoms with Gasteiger partial charge in [0.1, 0.15) is 0 Å². The average Bonchev–Trinajstić information content (AvgIpc) is 2.30. The fourth-order valence-electron chi connectivity index (χ4n) is 1.71. The Morgan fingerprint density at radius 2 is 1.40 bits per heavy atom. The zero-order chi connectivity index (χ0) is 10.9. The summed E-state index contributed by atoms with van der Waals surface area (Å²) in [4.78, 5) is 0. The Morgan fingerprint density at radius 1 is 0.867 bits per heavy atom. The molecular weight excluding hydrogens is 243 g/mol. The van der Waals surface area contributed by atoms with Crippen LogP contribution >= 0.6 is 0 Å². The van der Waals surface area contributed by atoms with Gasteiger partial charge < -0.3 is 0 Å². The number of unbranched alkanes of at least 4 members (excludes halogenated alkanes) is 2. The Kier molecular flexibility index (Phi) is 6.84. The molecule has 0 aliphatic heterocycles. The van der Waals surface area contributed by atoms with Gasteiger partial charge in [-0.15, -0.1) is 0 Å². The predicted molar refractivity (Wildman–Crippen MR) is 71.3 cm³/mol. The Hall–Kier alpha value is -0.222. The minimum absolute atomic E-state index is 0.699. The van der Waals surface area contributed by atoms with Gasteiger partial charge in [-0.2, -0.15) is 0 Å². The summed E-state index contributed by atoms with van der Waals surface area (Å²) in [6.45, 7) is 4.61. The fourth-order valence-corrected chi connectivity index (χ4v) is 7.43. The molecule has 0 nitrogen and oxygen atoms in total. The van der Waals surface area contributed by atoms with Crippen molar-refractivity contribution in [1.29, 1.82) is 0 Å². The van der Waals surface area contributed by atoms with Crippen LogP contribution in [0.15, 0.2) is 30.3 Å². The second-order valence-electron chi connectivity index (χ2n) is 4.03. The zero-order valence-electron chi connectivity index (χ0n) is 10.1. The van der Waals surface area contributed by atoms with Crippen LogP contribution in [0.3, 0.4) is 0 Å². The van der Waals surface area contributed by atoms with E-state index in [2.05, 4.69) is 44.2 Å². The van der Waals surface area contributed by atoms with Gasteiger partial charge in [-0.05, 0) is 0 Å². The summed E-state index contributed by atoms with van der Waals surface area (Å²) in [5.41, 5.74) is 0. The van der Waals surface area contributed by atoms with Crippen LogP contribution in [0.4, 0.5) is 0 Å². The SMILES string of the molecule is CCCC[As](CCCC)c1ccccc1. The quantitative estimate of drug-likeness (QED) is 0.655. The normalized spacial score (nSPS) is 10.9. The van der Waals surface area contributed by atoms with Crippen molar-refractivity contribution in [2.75, 3.05) is 0 Å².